The number of carbonyl (C=O) groups is 1. The molecule has 0 spiro atoms. The van der Waals surface area contributed by atoms with Crippen LogP contribution >= 0.6 is 0 Å². The fourth-order valence-electron chi connectivity index (χ4n) is 2.44. The number of nitrogens with one attached hydrogen (secondary N) is 2. The number of aromatic nitrogens is 1. The predicted molar refractivity (Wildman–Crippen MR) is 82.9 cm³/mol. The predicted octanol–water partition coefficient (Wildman–Crippen LogP) is 2.99. The van der Waals surface area contributed by atoms with Crippen molar-refractivity contribution in [3.63, 3.8) is 0 Å². The molecule has 0 atom stereocenters. The Bertz CT molecular complexity index is 714. The summed E-state index contributed by atoms with van der Waals surface area (Å²) >= 11 is 0. The molecule has 0 saturated heterocycles. The van der Waals surface area contributed by atoms with Crippen molar-refractivity contribution in [2.24, 2.45) is 5.92 Å². The van der Waals surface area contributed by atoms with Gasteiger partial charge in [0, 0.05) is 12.1 Å². The summed E-state index contributed by atoms with van der Waals surface area (Å²) in [7, 11) is -3.74. The Morgan fingerprint density at radius 3 is 2.50 bits per heavy atom. The zero-order valence-electron chi connectivity index (χ0n) is 13.0. The number of halogens is 3. The summed E-state index contributed by atoms with van der Waals surface area (Å²) in [4.78, 5) is 15.7. The summed E-state index contributed by atoms with van der Waals surface area (Å²) < 4.78 is 64.0. The average molecular weight is 365 g/mol. The molecule has 134 valence electrons. The van der Waals surface area contributed by atoms with E-state index in [0.29, 0.717) is 25.1 Å². The van der Waals surface area contributed by atoms with Gasteiger partial charge in [0.15, 0.2) is 5.82 Å². The van der Waals surface area contributed by atoms with Crippen LogP contribution in [-0.4, -0.2) is 25.1 Å². The summed E-state index contributed by atoms with van der Waals surface area (Å²) in [6, 6.07) is 0.688. The fourth-order valence-corrected chi connectivity index (χ4v) is 3.04. The first kappa shape index (κ1) is 18.5. The number of anilines is 2. The van der Waals surface area contributed by atoms with Crippen molar-refractivity contribution >= 4 is 27.4 Å². The minimum Gasteiger partial charge on any atom is -0.323 e. The van der Waals surface area contributed by atoms with Crippen LogP contribution in [0.1, 0.15) is 38.2 Å². The van der Waals surface area contributed by atoms with Gasteiger partial charge in [-0.1, -0.05) is 12.8 Å². The molecular weight excluding hydrogens is 347 g/mol. The third-order valence-electron chi connectivity index (χ3n) is 3.83. The molecule has 1 aromatic heterocycles. The first-order valence-corrected chi connectivity index (χ1v) is 9.16. The van der Waals surface area contributed by atoms with E-state index in [-0.39, 0.29) is 23.2 Å². The highest BCUT2D eigenvalue weighted by atomic mass is 32.2. The molecule has 2 N–H and O–H groups in total. The molecule has 1 aromatic rings. The van der Waals surface area contributed by atoms with E-state index in [2.05, 4.69) is 15.0 Å². The number of alkyl halides is 3. The molecule has 1 saturated carbocycles. The second kappa shape index (κ2) is 6.96. The van der Waals surface area contributed by atoms with Crippen LogP contribution in [0.5, 0.6) is 0 Å². The Morgan fingerprint density at radius 1 is 1.33 bits per heavy atom. The van der Waals surface area contributed by atoms with Gasteiger partial charge in [0.1, 0.15) is 0 Å². The molecule has 2 rings (SSSR count). The molecular formula is C14H18F3N3O3S. The summed E-state index contributed by atoms with van der Waals surface area (Å²) in [5.74, 6) is -1.30. The van der Waals surface area contributed by atoms with Crippen LogP contribution in [-0.2, 0) is 21.0 Å². The highest BCUT2D eigenvalue weighted by Crippen LogP contribution is 2.34. The molecule has 1 aliphatic carbocycles. The summed E-state index contributed by atoms with van der Waals surface area (Å²) in [6.07, 6.45) is -1.04. The van der Waals surface area contributed by atoms with Crippen molar-refractivity contribution in [2.45, 2.75) is 38.8 Å². The van der Waals surface area contributed by atoms with Crippen molar-refractivity contribution in [2.75, 3.05) is 15.8 Å². The van der Waals surface area contributed by atoms with E-state index >= 15 is 0 Å². The maximum atomic E-state index is 12.9. The Hall–Kier alpha value is -1.84. The lowest BCUT2D eigenvalue weighted by atomic mass is 10.1. The average Bonchev–Trinajstić information content (AvgIpc) is 3.02. The molecule has 24 heavy (non-hydrogen) atoms. The number of rotatable bonds is 5. The molecule has 0 unspecified atom stereocenters. The van der Waals surface area contributed by atoms with Crippen LogP contribution in [0.15, 0.2) is 12.3 Å². The largest absolute Gasteiger partial charge is 0.417 e. The van der Waals surface area contributed by atoms with Gasteiger partial charge in [0.05, 0.1) is 17.0 Å². The number of carbonyl (C=O) groups excluding carboxylic acids is 1. The van der Waals surface area contributed by atoms with Gasteiger partial charge in [-0.2, -0.15) is 13.2 Å². The number of sulfonamides is 1. The Balaban J connectivity index is 2.34. The van der Waals surface area contributed by atoms with Crippen LogP contribution < -0.4 is 10.0 Å². The summed E-state index contributed by atoms with van der Waals surface area (Å²) in [5.41, 5.74) is -1.36. The molecule has 6 nitrogen and oxygen atoms in total. The standard InChI is InChI=1S/C14H18F3N3O3S/c1-2-24(22,23)20-12-11(7-10(8-18-12)14(15,16)17)19-13(21)9-5-3-4-6-9/h7-9H,2-6H2,1H3,(H,18,20)(H,19,21). The molecule has 1 fully saturated rings. The quantitative estimate of drug-likeness (QED) is 0.840. The molecule has 0 aliphatic heterocycles. The van der Waals surface area contributed by atoms with Gasteiger partial charge in [0.25, 0.3) is 0 Å². The van der Waals surface area contributed by atoms with Crippen LogP contribution in [0.4, 0.5) is 24.7 Å². The molecule has 0 bridgehead atoms. The normalized spacial score (nSPS) is 16.2. The lowest BCUT2D eigenvalue weighted by Crippen LogP contribution is -2.23. The van der Waals surface area contributed by atoms with Gasteiger partial charge < -0.3 is 5.32 Å². The van der Waals surface area contributed by atoms with Gasteiger partial charge >= 0.3 is 6.18 Å². The summed E-state index contributed by atoms with van der Waals surface area (Å²) in [6.45, 7) is 1.38. The Morgan fingerprint density at radius 2 is 1.96 bits per heavy atom. The van der Waals surface area contributed by atoms with E-state index < -0.39 is 27.7 Å². The van der Waals surface area contributed by atoms with Crippen molar-refractivity contribution in [3.05, 3.63) is 17.8 Å². The van der Waals surface area contributed by atoms with Gasteiger partial charge in [-0.3, -0.25) is 9.52 Å². The number of nitrogens with zero attached hydrogens (tertiary/aromatic N) is 1. The van der Waals surface area contributed by atoms with Crippen LogP contribution in [0.2, 0.25) is 0 Å². The third-order valence-corrected chi connectivity index (χ3v) is 5.10. The van der Waals surface area contributed by atoms with Gasteiger partial charge in [0.2, 0.25) is 15.9 Å². The smallest absolute Gasteiger partial charge is 0.323 e. The van der Waals surface area contributed by atoms with E-state index in [1.165, 1.54) is 6.92 Å². The number of hydrogen-bond donors (Lipinski definition) is 2. The Labute approximate surface area is 137 Å². The second-order valence-corrected chi connectivity index (χ2v) is 7.61. The maximum Gasteiger partial charge on any atom is 0.417 e. The zero-order valence-corrected chi connectivity index (χ0v) is 13.8. The topological polar surface area (TPSA) is 88.2 Å². The van der Waals surface area contributed by atoms with E-state index in [9.17, 15) is 26.4 Å². The number of amides is 1. The van der Waals surface area contributed by atoms with Crippen LogP contribution in [0.25, 0.3) is 0 Å². The van der Waals surface area contributed by atoms with Crippen molar-refractivity contribution in [1.29, 1.82) is 0 Å². The molecule has 10 heteroatoms. The van der Waals surface area contributed by atoms with Gasteiger partial charge in [-0.25, -0.2) is 13.4 Å². The van der Waals surface area contributed by atoms with Crippen LogP contribution in [0.3, 0.4) is 0 Å². The molecule has 1 amide bonds. The first-order chi connectivity index (χ1) is 11.1. The first-order valence-electron chi connectivity index (χ1n) is 7.51. The van der Waals surface area contributed by atoms with Crippen molar-refractivity contribution in [1.82, 2.24) is 4.98 Å². The number of hydrogen-bond acceptors (Lipinski definition) is 4. The fraction of sp³-hybridized carbons (Fsp3) is 0.571. The van der Waals surface area contributed by atoms with E-state index in [1.54, 1.807) is 0 Å². The molecule has 1 aliphatic rings. The van der Waals surface area contributed by atoms with Crippen LogP contribution in [0, 0.1) is 5.92 Å². The second-order valence-electron chi connectivity index (χ2n) is 5.59. The Kier molecular flexibility index (Phi) is 5.36. The SMILES string of the molecule is CCS(=O)(=O)Nc1ncc(C(F)(F)F)cc1NC(=O)C1CCCC1. The molecule has 1 heterocycles. The van der Waals surface area contributed by atoms with Gasteiger partial charge in [-0.15, -0.1) is 0 Å². The molecule has 0 radical (unpaired) electrons. The minimum atomic E-state index is -4.65. The number of pyridine rings is 1. The lowest BCUT2D eigenvalue weighted by molar-refractivity contribution is -0.137. The highest BCUT2D eigenvalue weighted by molar-refractivity contribution is 7.92. The molecule has 0 aromatic carbocycles. The lowest BCUT2D eigenvalue weighted by Gasteiger charge is -2.16. The third kappa shape index (κ3) is 4.59. The maximum absolute atomic E-state index is 12.9. The van der Waals surface area contributed by atoms with E-state index in [1.807, 2.05) is 0 Å². The summed E-state index contributed by atoms with van der Waals surface area (Å²) in [5, 5.41) is 2.38. The van der Waals surface area contributed by atoms with Crippen molar-refractivity contribution < 1.29 is 26.4 Å². The van der Waals surface area contributed by atoms with Crippen molar-refractivity contribution in [3.8, 4) is 0 Å². The monoisotopic (exact) mass is 365 g/mol. The van der Waals surface area contributed by atoms with E-state index in [0.717, 1.165) is 12.8 Å². The highest BCUT2D eigenvalue weighted by Gasteiger charge is 2.33. The minimum absolute atomic E-state index is 0.272. The van der Waals surface area contributed by atoms with Gasteiger partial charge in [-0.05, 0) is 25.8 Å². The zero-order chi connectivity index (χ0) is 18.0. The van der Waals surface area contributed by atoms with E-state index in [4.69, 9.17) is 0 Å².